The lowest BCUT2D eigenvalue weighted by Crippen LogP contribution is -2.34. The number of hydrogen-bond donors (Lipinski definition) is 8. The zero-order valence-corrected chi connectivity index (χ0v) is 24.1. The van der Waals surface area contributed by atoms with Crippen LogP contribution >= 0.6 is 0 Å². The summed E-state index contributed by atoms with van der Waals surface area (Å²) in [5, 5.41) is 33.6. The third-order valence-electron chi connectivity index (χ3n) is 5.28. The largest absolute Gasteiger partial charge is 0.480 e. The van der Waals surface area contributed by atoms with E-state index in [1.54, 1.807) is 13.8 Å². The van der Waals surface area contributed by atoms with Gasteiger partial charge in [0, 0.05) is 0 Å². The molecule has 0 aromatic heterocycles. The molecule has 0 amide bonds. The monoisotopic (exact) mass is 578 g/mol. The first-order valence-corrected chi connectivity index (χ1v) is 13.0. The molecule has 0 heterocycles. The third kappa shape index (κ3) is 21.6. The summed E-state index contributed by atoms with van der Waals surface area (Å²) in [6, 6.07) is 15.7. The Balaban J connectivity index is 0. The molecule has 0 aliphatic carbocycles. The minimum Gasteiger partial charge on any atom is -0.480 e. The highest BCUT2D eigenvalue weighted by Gasteiger charge is 2.15. The lowest BCUT2D eigenvalue weighted by atomic mass is 10.1. The van der Waals surface area contributed by atoms with Crippen LogP contribution in [0.1, 0.15) is 45.2 Å². The van der Waals surface area contributed by atoms with Crippen molar-refractivity contribution in [2.24, 2.45) is 34.8 Å². The number of carboxylic acid groups (broad SMARTS) is 4. The maximum Gasteiger partial charge on any atom is 0.320 e. The fourth-order valence-corrected chi connectivity index (χ4v) is 2.80. The van der Waals surface area contributed by atoms with Crippen molar-refractivity contribution >= 4 is 23.9 Å². The number of rotatable bonds is 11. The molecule has 0 saturated carbocycles. The molecule has 0 spiro atoms. The molecule has 2 aromatic rings. The maximum absolute atomic E-state index is 10.4. The quantitative estimate of drug-likeness (QED) is 0.190. The second kappa shape index (κ2) is 21.9. The molecule has 41 heavy (non-hydrogen) atoms. The molecule has 12 N–H and O–H groups in total. The van der Waals surface area contributed by atoms with Gasteiger partial charge in [0.1, 0.15) is 24.2 Å². The van der Waals surface area contributed by atoms with Crippen molar-refractivity contribution in [1.29, 1.82) is 0 Å². The van der Waals surface area contributed by atoms with Crippen molar-refractivity contribution in [1.82, 2.24) is 0 Å². The van der Waals surface area contributed by atoms with Gasteiger partial charge in [0.2, 0.25) is 0 Å². The van der Waals surface area contributed by atoms with E-state index in [4.69, 9.17) is 43.4 Å². The molecule has 0 saturated heterocycles. The van der Waals surface area contributed by atoms with E-state index in [-0.39, 0.29) is 5.92 Å². The van der Waals surface area contributed by atoms with Crippen LogP contribution in [0.4, 0.5) is 0 Å². The van der Waals surface area contributed by atoms with Crippen molar-refractivity contribution in [3.05, 3.63) is 71.8 Å². The number of nitrogens with two attached hydrogens (primary N) is 4. The molecule has 0 aliphatic heterocycles. The van der Waals surface area contributed by atoms with E-state index in [0.717, 1.165) is 11.1 Å². The Morgan fingerprint density at radius 3 is 1.05 bits per heavy atom. The fourth-order valence-electron chi connectivity index (χ4n) is 2.80. The summed E-state index contributed by atoms with van der Waals surface area (Å²) in [6.07, 6.45) is 1.32. The summed E-state index contributed by atoms with van der Waals surface area (Å²) in [5.74, 6) is -3.38. The second-order valence-corrected chi connectivity index (χ2v) is 9.95. The minimum absolute atomic E-state index is 0.0208. The summed E-state index contributed by atoms with van der Waals surface area (Å²) in [6.45, 7) is 7.45. The van der Waals surface area contributed by atoms with Crippen LogP contribution in [0.3, 0.4) is 0 Å². The van der Waals surface area contributed by atoms with Crippen LogP contribution in [0.2, 0.25) is 0 Å². The van der Waals surface area contributed by atoms with Gasteiger partial charge < -0.3 is 43.4 Å². The van der Waals surface area contributed by atoms with E-state index in [0.29, 0.717) is 25.2 Å². The van der Waals surface area contributed by atoms with Crippen LogP contribution < -0.4 is 22.9 Å². The molecule has 12 heteroatoms. The van der Waals surface area contributed by atoms with E-state index in [2.05, 4.69) is 0 Å². The highest BCUT2D eigenvalue weighted by molar-refractivity contribution is 5.74. The Labute approximate surface area is 241 Å². The van der Waals surface area contributed by atoms with E-state index in [9.17, 15) is 19.2 Å². The molecule has 2 rings (SSSR count). The third-order valence-corrected chi connectivity index (χ3v) is 5.28. The molecule has 0 radical (unpaired) electrons. The molecule has 0 bridgehead atoms. The van der Waals surface area contributed by atoms with Crippen LogP contribution in [0.25, 0.3) is 0 Å². The Morgan fingerprint density at radius 1 is 0.561 bits per heavy atom. The molecule has 12 nitrogen and oxygen atoms in total. The Hall–Kier alpha value is -3.84. The van der Waals surface area contributed by atoms with Gasteiger partial charge in [0.25, 0.3) is 0 Å². The van der Waals surface area contributed by atoms with E-state index >= 15 is 0 Å². The van der Waals surface area contributed by atoms with Crippen LogP contribution in [-0.2, 0) is 32.0 Å². The Kier molecular flexibility index (Phi) is 21.0. The van der Waals surface area contributed by atoms with Crippen LogP contribution in [-0.4, -0.2) is 68.5 Å². The lowest BCUT2D eigenvalue weighted by molar-refractivity contribution is -0.140. The predicted octanol–water partition coefficient (Wildman–Crippen LogP) is 1.78. The molecule has 230 valence electrons. The van der Waals surface area contributed by atoms with Gasteiger partial charge in [0.15, 0.2) is 0 Å². The van der Waals surface area contributed by atoms with Crippen LogP contribution in [0.5, 0.6) is 0 Å². The van der Waals surface area contributed by atoms with Crippen LogP contribution in [0, 0.1) is 11.8 Å². The van der Waals surface area contributed by atoms with Crippen molar-refractivity contribution < 1.29 is 39.6 Å². The summed E-state index contributed by atoms with van der Waals surface area (Å²) in [5.41, 5.74) is 23.0. The van der Waals surface area contributed by atoms with E-state index in [1.807, 2.05) is 74.5 Å². The van der Waals surface area contributed by atoms with Crippen molar-refractivity contribution in [3.63, 3.8) is 0 Å². The number of benzene rings is 2. The van der Waals surface area contributed by atoms with E-state index in [1.165, 1.54) is 0 Å². The SMILES string of the molecule is CC(C)C[C@H](N)C(=O)O.CC(C)[C@H](N)C(=O)O.N[C@@H](Cc1ccccc1)C(=O)O.N[C@@H](Cc1ccccc1)C(=O)O. The molecule has 0 fully saturated rings. The fraction of sp³-hybridized carbons (Fsp3) is 0.448. The zero-order chi connectivity index (χ0) is 32.1. The van der Waals surface area contributed by atoms with Gasteiger partial charge in [-0.15, -0.1) is 0 Å². The lowest BCUT2D eigenvalue weighted by Gasteiger charge is -2.07. The van der Waals surface area contributed by atoms with Gasteiger partial charge in [-0.1, -0.05) is 88.4 Å². The Bertz CT molecular complexity index is 962. The highest BCUT2D eigenvalue weighted by Crippen LogP contribution is 2.03. The average Bonchev–Trinajstić information content (AvgIpc) is 2.89. The first-order valence-electron chi connectivity index (χ1n) is 13.0. The Morgan fingerprint density at radius 2 is 0.878 bits per heavy atom. The first kappa shape index (κ1) is 39.3. The minimum atomic E-state index is -0.959. The normalized spacial score (nSPS) is 13.0. The summed E-state index contributed by atoms with van der Waals surface area (Å²) >= 11 is 0. The highest BCUT2D eigenvalue weighted by atomic mass is 16.4. The molecular weight excluding hydrogens is 532 g/mol. The van der Waals surface area contributed by atoms with Crippen molar-refractivity contribution in [2.75, 3.05) is 0 Å². The van der Waals surface area contributed by atoms with Gasteiger partial charge in [-0.2, -0.15) is 0 Å². The summed E-state index contributed by atoms with van der Waals surface area (Å²) < 4.78 is 0. The number of carbonyl (C=O) groups is 4. The van der Waals surface area contributed by atoms with Crippen molar-refractivity contribution in [3.8, 4) is 0 Å². The molecular formula is C29H46N4O8. The standard InChI is InChI=1S/2C9H11NO2.C6H13NO2.C5H11NO2/c2*10-8(9(11)12)6-7-4-2-1-3-5-7;1-4(2)3-5(7)6(8)9;1-3(2)4(6)5(7)8/h2*1-5,8H,6,10H2,(H,11,12);4-5H,3,7H2,1-2H3,(H,8,9);3-4H,6H2,1-2H3,(H,7,8)/t2*8-;5-;4-/m0000/s1. The number of hydrogen-bond acceptors (Lipinski definition) is 8. The van der Waals surface area contributed by atoms with Gasteiger partial charge >= 0.3 is 23.9 Å². The van der Waals surface area contributed by atoms with E-state index < -0.39 is 48.0 Å². The first-order chi connectivity index (χ1) is 19.0. The second-order valence-electron chi connectivity index (χ2n) is 9.95. The smallest absolute Gasteiger partial charge is 0.320 e. The average molecular weight is 579 g/mol. The zero-order valence-electron chi connectivity index (χ0n) is 24.1. The van der Waals surface area contributed by atoms with Crippen LogP contribution in [0.15, 0.2) is 60.7 Å². The van der Waals surface area contributed by atoms with Gasteiger partial charge in [-0.25, -0.2) is 0 Å². The number of aliphatic carboxylic acids is 4. The maximum atomic E-state index is 10.4. The van der Waals surface area contributed by atoms with Gasteiger partial charge in [0.05, 0.1) is 0 Å². The summed E-state index contributed by atoms with van der Waals surface area (Å²) in [7, 11) is 0. The van der Waals surface area contributed by atoms with Crippen molar-refractivity contribution in [2.45, 2.75) is 71.1 Å². The molecule has 4 atom stereocenters. The molecule has 0 unspecified atom stereocenters. The summed E-state index contributed by atoms with van der Waals surface area (Å²) in [4.78, 5) is 40.9. The predicted molar refractivity (Wildman–Crippen MR) is 157 cm³/mol. The van der Waals surface area contributed by atoms with Gasteiger partial charge in [-0.05, 0) is 42.2 Å². The molecule has 0 aliphatic rings. The number of carboxylic acids is 4. The van der Waals surface area contributed by atoms with Gasteiger partial charge in [-0.3, -0.25) is 19.2 Å². The topological polar surface area (TPSA) is 253 Å². The molecule has 2 aromatic carbocycles.